The number of carbonyl (C=O) groups excluding carboxylic acids is 1. The fraction of sp³-hybridized carbons (Fsp3) is 0.227. The molecule has 1 aromatic heterocycles. The van der Waals surface area contributed by atoms with Gasteiger partial charge in [0.05, 0.1) is 16.9 Å². The fourth-order valence-electron chi connectivity index (χ4n) is 2.92. The van der Waals surface area contributed by atoms with Crippen LogP contribution in [0.4, 0.5) is 10.1 Å². The van der Waals surface area contributed by atoms with E-state index in [1.165, 1.54) is 65.5 Å². The van der Waals surface area contributed by atoms with E-state index in [1.54, 1.807) is 0 Å². The summed E-state index contributed by atoms with van der Waals surface area (Å²) >= 11 is 0. The highest BCUT2D eigenvalue weighted by Crippen LogP contribution is 2.16. The predicted molar refractivity (Wildman–Crippen MR) is 119 cm³/mol. The highest BCUT2D eigenvalue weighted by molar-refractivity contribution is 7.89. The van der Waals surface area contributed by atoms with E-state index in [9.17, 15) is 22.4 Å². The molecule has 8 nitrogen and oxygen atoms in total. The molecule has 0 saturated carbocycles. The number of sulfonamides is 1. The van der Waals surface area contributed by atoms with Crippen molar-refractivity contribution in [1.29, 1.82) is 0 Å². The van der Waals surface area contributed by atoms with Crippen LogP contribution in [0.5, 0.6) is 0 Å². The molecule has 3 rings (SSSR count). The van der Waals surface area contributed by atoms with Crippen LogP contribution in [0.3, 0.4) is 0 Å². The van der Waals surface area contributed by atoms with Gasteiger partial charge in [0.2, 0.25) is 15.9 Å². The van der Waals surface area contributed by atoms with E-state index in [1.807, 2.05) is 6.92 Å². The molecule has 3 aromatic rings. The van der Waals surface area contributed by atoms with Gasteiger partial charge >= 0.3 is 0 Å². The zero-order valence-electron chi connectivity index (χ0n) is 17.4. The molecule has 10 heteroatoms. The second-order valence-corrected chi connectivity index (χ2v) is 8.80. The van der Waals surface area contributed by atoms with E-state index in [4.69, 9.17) is 0 Å². The van der Waals surface area contributed by atoms with E-state index in [-0.39, 0.29) is 35.3 Å². The third-order valence-corrected chi connectivity index (χ3v) is 6.07. The van der Waals surface area contributed by atoms with Crippen molar-refractivity contribution >= 4 is 21.6 Å². The van der Waals surface area contributed by atoms with Crippen LogP contribution in [0.25, 0.3) is 11.3 Å². The van der Waals surface area contributed by atoms with E-state index in [0.717, 1.165) is 6.42 Å². The summed E-state index contributed by atoms with van der Waals surface area (Å²) < 4.78 is 41.7. The number of benzene rings is 2. The number of nitrogens with one attached hydrogen (secondary N) is 2. The van der Waals surface area contributed by atoms with Gasteiger partial charge in [-0.2, -0.15) is 0 Å². The van der Waals surface area contributed by atoms with Gasteiger partial charge in [-0.05, 0) is 55.0 Å². The Morgan fingerprint density at radius 2 is 1.78 bits per heavy atom. The lowest BCUT2D eigenvalue weighted by Gasteiger charge is -2.10. The Labute approximate surface area is 185 Å². The van der Waals surface area contributed by atoms with Crippen LogP contribution in [0, 0.1) is 5.82 Å². The number of anilines is 1. The third-order valence-electron chi connectivity index (χ3n) is 4.59. The summed E-state index contributed by atoms with van der Waals surface area (Å²) in [5, 5.41) is 2.69. The molecule has 168 valence electrons. The average molecular weight is 459 g/mol. The maximum atomic E-state index is 13.0. The Morgan fingerprint density at radius 1 is 1.09 bits per heavy atom. The fourth-order valence-corrected chi connectivity index (χ4v) is 3.95. The summed E-state index contributed by atoms with van der Waals surface area (Å²) in [6.45, 7) is 1.96. The molecule has 1 heterocycles. The molecule has 0 aliphatic heterocycles. The highest BCUT2D eigenvalue weighted by Gasteiger charge is 2.14. The maximum absolute atomic E-state index is 13.0. The molecule has 2 N–H and O–H groups in total. The van der Waals surface area contributed by atoms with Crippen molar-refractivity contribution in [3.8, 4) is 11.3 Å². The van der Waals surface area contributed by atoms with Crippen LogP contribution in [-0.2, 0) is 21.4 Å². The normalized spacial score (nSPS) is 11.3. The molecule has 1 amide bonds. The van der Waals surface area contributed by atoms with Crippen LogP contribution < -0.4 is 15.6 Å². The number of hydrogen-bond donors (Lipinski definition) is 2. The van der Waals surface area contributed by atoms with Crippen molar-refractivity contribution < 1.29 is 17.6 Å². The zero-order chi connectivity index (χ0) is 23.1. The first-order valence-electron chi connectivity index (χ1n) is 10.0. The lowest BCUT2D eigenvalue weighted by atomic mass is 10.1. The van der Waals surface area contributed by atoms with Crippen LogP contribution in [-0.4, -0.2) is 30.4 Å². The van der Waals surface area contributed by atoms with Crippen LogP contribution in [0.1, 0.15) is 19.8 Å². The van der Waals surface area contributed by atoms with Gasteiger partial charge in [0.1, 0.15) is 5.82 Å². The molecule has 0 unspecified atom stereocenters. The smallest absolute Gasteiger partial charge is 0.253 e. The number of amides is 1. The summed E-state index contributed by atoms with van der Waals surface area (Å²) in [7, 11) is -3.79. The SMILES string of the molecule is CCCC(=O)Nc1ccc(S(=O)(=O)NCCn2cnc(-c3ccc(F)cc3)cc2=O)cc1. The summed E-state index contributed by atoms with van der Waals surface area (Å²) in [6.07, 6.45) is 2.43. The molecular weight excluding hydrogens is 435 g/mol. The van der Waals surface area contributed by atoms with Gasteiger partial charge in [0.25, 0.3) is 5.56 Å². The van der Waals surface area contributed by atoms with Crippen LogP contribution in [0.2, 0.25) is 0 Å². The molecule has 0 spiro atoms. The first-order chi connectivity index (χ1) is 15.3. The Balaban J connectivity index is 1.60. The molecule has 32 heavy (non-hydrogen) atoms. The van der Waals surface area contributed by atoms with Crippen molar-refractivity contribution in [2.24, 2.45) is 0 Å². The number of carbonyl (C=O) groups is 1. The van der Waals surface area contributed by atoms with Crippen molar-refractivity contribution in [2.45, 2.75) is 31.2 Å². The van der Waals surface area contributed by atoms with Crippen LogP contribution in [0.15, 0.2) is 70.6 Å². The number of aromatic nitrogens is 2. The van der Waals surface area contributed by atoms with Gasteiger partial charge in [-0.1, -0.05) is 6.92 Å². The molecular formula is C22H23FN4O4S. The van der Waals surface area contributed by atoms with Gasteiger partial charge in [0, 0.05) is 36.8 Å². The standard InChI is InChI=1S/C22H23FN4O4S/c1-2-3-21(28)26-18-8-10-19(11-9-18)32(30,31)25-12-13-27-15-24-20(14-22(27)29)16-4-6-17(23)7-5-16/h4-11,14-15,25H,2-3,12-13H2,1H3,(H,26,28). The van der Waals surface area contributed by atoms with Gasteiger partial charge in [-0.15, -0.1) is 0 Å². The highest BCUT2D eigenvalue weighted by atomic mass is 32.2. The minimum atomic E-state index is -3.79. The topological polar surface area (TPSA) is 110 Å². The minimum Gasteiger partial charge on any atom is -0.326 e. The van der Waals surface area contributed by atoms with E-state index >= 15 is 0 Å². The first-order valence-corrected chi connectivity index (χ1v) is 11.5. The summed E-state index contributed by atoms with van der Waals surface area (Å²) in [6, 6.07) is 12.8. The molecule has 2 aromatic carbocycles. The third kappa shape index (κ3) is 6.08. The van der Waals surface area contributed by atoms with Gasteiger partial charge in [-0.25, -0.2) is 22.5 Å². The van der Waals surface area contributed by atoms with Crippen molar-refractivity contribution in [2.75, 3.05) is 11.9 Å². The van der Waals surface area contributed by atoms with E-state index in [2.05, 4.69) is 15.0 Å². The second kappa shape index (κ2) is 10.3. The molecule has 0 atom stereocenters. The zero-order valence-corrected chi connectivity index (χ0v) is 18.2. The number of halogens is 1. The maximum Gasteiger partial charge on any atom is 0.253 e. The first kappa shape index (κ1) is 23.3. The Bertz CT molecular complexity index is 1240. The molecule has 0 saturated heterocycles. The number of rotatable bonds is 9. The lowest BCUT2D eigenvalue weighted by Crippen LogP contribution is -2.30. The lowest BCUT2D eigenvalue weighted by molar-refractivity contribution is -0.116. The summed E-state index contributed by atoms with van der Waals surface area (Å²) in [5.41, 5.74) is 1.16. The van der Waals surface area contributed by atoms with E-state index < -0.39 is 10.0 Å². The summed E-state index contributed by atoms with van der Waals surface area (Å²) in [4.78, 5) is 28.2. The van der Waals surface area contributed by atoms with E-state index in [0.29, 0.717) is 23.4 Å². The minimum absolute atomic E-state index is 0.0190. The predicted octanol–water partition coefficient (Wildman–Crippen LogP) is 2.77. The Kier molecular flexibility index (Phi) is 7.49. The molecule has 0 aliphatic rings. The number of hydrogen-bond acceptors (Lipinski definition) is 5. The molecule has 0 aliphatic carbocycles. The average Bonchev–Trinajstić information content (AvgIpc) is 2.76. The second-order valence-electron chi connectivity index (χ2n) is 7.03. The Morgan fingerprint density at radius 3 is 2.41 bits per heavy atom. The summed E-state index contributed by atoms with van der Waals surface area (Å²) in [5.74, 6) is -0.518. The van der Waals surface area contributed by atoms with Crippen molar-refractivity contribution in [3.05, 3.63) is 77.1 Å². The molecule has 0 bridgehead atoms. The monoisotopic (exact) mass is 458 g/mol. The van der Waals surface area contributed by atoms with Gasteiger partial charge in [-0.3, -0.25) is 14.2 Å². The number of nitrogens with zero attached hydrogens (tertiary/aromatic N) is 2. The van der Waals surface area contributed by atoms with Crippen molar-refractivity contribution in [1.82, 2.24) is 14.3 Å². The van der Waals surface area contributed by atoms with Gasteiger partial charge < -0.3 is 5.32 Å². The molecule has 0 radical (unpaired) electrons. The Hall–Kier alpha value is -3.37. The van der Waals surface area contributed by atoms with Gasteiger partial charge in [0.15, 0.2) is 0 Å². The molecule has 0 fully saturated rings. The van der Waals surface area contributed by atoms with Crippen molar-refractivity contribution in [3.63, 3.8) is 0 Å². The largest absolute Gasteiger partial charge is 0.326 e. The van der Waals surface area contributed by atoms with Crippen LogP contribution >= 0.6 is 0 Å². The quantitative estimate of drug-likeness (QED) is 0.512.